The topological polar surface area (TPSA) is 55.5 Å². The summed E-state index contributed by atoms with van der Waals surface area (Å²) in [6.45, 7) is 0.640. The molecule has 2 fully saturated rings. The van der Waals surface area contributed by atoms with Crippen molar-refractivity contribution in [3.8, 4) is 0 Å². The lowest BCUT2D eigenvalue weighted by molar-refractivity contribution is -0.138. The molecule has 0 aromatic rings. The molecule has 3 N–H and O–H groups in total. The monoisotopic (exact) mass is 241 g/mol. The van der Waals surface area contributed by atoms with Gasteiger partial charge in [-0.3, -0.25) is 0 Å². The Morgan fingerprint density at radius 3 is 2.18 bits per heavy atom. The second-order valence-electron chi connectivity index (χ2n) is 6.01. The van der Waals surface area contributed by atoms with E-state index in [1.165, 1.54) is 19.3 Å². The molecule has 0 aliphatic heterocycles. The number of hydrogen-bond acceptors (Lipinski definition) is 3. The molecule has 3 nitrogen and oxygen atoms in total. The van der Waals surface area contributed by atoms with E-state index in [-0.39, 0.29) is 5.41 Å². The quantitative estimate of drug-likeness (QED) is 0.796. The van der Waals surface area contributed by atoms with Gasteiger partial charge in [-0.1, -0.05) is 19.3 Å². The Morgan fingerprint density at radius 1 is 1.12 bits per heavy atom. The Bertz CT molecular complexity index is 241. The highest BCUT2D eigenvalue weighted by Crippen LogP contribution is 2.50. The van der Waals surface area contributed by atoms with Crippen LogP contribution in [0.1, 0.15) is 57.8 Å². The van der Waals surface area contributed by atoms with E-state index in [4.69, 9.17) is 10.5 Å². The molecule has 0 aromatic carbocycles. The standard InChI is InChI=1S/C14H27NO2/c1-17-12-5-9-14(16,10-6-12)13(11-15)7-3-2-4-8-13/h12,16H,2-11,15H2,1H3. The molecule has 2 saturated carbocycles. The molecule has 2 aliphatic carbocycles. The third-order valence-electron chi connectivity index (χ3n) is 5.28. The van der Waals surface area contributed by atoms with Gasteiger partial charge in [-0.25, -0.2) is 0 Å². The number of aliphatic hydroxyl groups is 1. The number of nitrogens with two attached hydrogens (primary N) is 1. The van der Waals surface area contributed by atoms with Crippen molar-refractivity contribution in [1.29, 1.82) is 0 Å². The van der Waals surface area contributed by atoms with Crippen LogP contribution in [0.15, 0.2) is 0 Å². The van der Waals surface area contributed by atoms with Crippen molar-refractivity contribution in [2.75, 3.05) is 13.7 Å². The molecule has 0 heterocycles. The summed E-state index contributed by atoms with van der Waals surface area (Å²) >= 11 is 0. The van der Waals surface area contributed by atoms with E-state index in [0.29, 0.717) is 12.6 Å². The summed E-state index contributed by atoms with van der Waals surface area (Å²) in [5, 5.41) is 11.0. The first kappa shape index (κ1) is 13.3. The molecule has 0 aromatic heterocycles. The summed E-state index contributed by atoms with van der Waals surface area (Å²) in [5.74, 6) is 0. The van der Waals surface area contributed by atoms with Crippen LogP contribution >= 0.6 is 0 Å². The normalized spacial score (nSPS) is 37.9. The van der Waals surface area contributed by atoms with Crippen LogP contribution in [0.2, 0.25) is 0 Å². The first-order valence-corrected chi connectivity index (χ1v) is 7.11. The van der Waals surface area contributed by atoms with Crippen LogP contribution in [0.4, 0.5) is 0 Å². The molecule has 2 rings (SSSR count). The van der Waals surface area contributed by atoms with Gasteiger partial charge in [0.05, 0.1) is 11.7 Å². The van der Waals surface area contributed by atoms with Crippen molar-refractivity contribution in [3.63, 3.8) is 0 Å². The second kappa shape index (κ2) is 5.25. The smallest absolute Gasteiger partial charge is 0.0717 e. The Balaban J connectivity index is 2.08. The minimum atomic E-state index is -0.531. The van der Waals surface area contributed by atoms with E-state index in [9.17, 15) is 5.11 Å². The Kier molecular flexibility index (Phi) is 4.11. The van der Waals surface area contributed by atoms with Gasteiger partial charge in [0.15, 0.2) is 0 Å². The van der Waals surface area contributed by atoms with Crippen molar-refractivity contribution in [1.82, 2.24) is 0 Å². The Hall–Kier alpha value is -0.120. The van der Waals surface area contributed by atoms with E-state index in [0.717, 1.165) is 38.5 Å². The summed E-state index contributed by atoms with van der Waals surface area (Å²) in [4.78, 5) is 0. The van der Waals surface area contributed by atoms with Crippen LogP contribution in [0.3, 0.4) is 0 Å². The van der Waals surface area contributed by atoms with Gasteiger partial charge in [-0.15, -0.1) is 0 Å². The van der Waals surface area contributed by atoms with Crippen LogP contribution in [-0.2, 0) is 4.74 Å². The van der Waals surface area contributed by atoms with E-state index in [1.54, 1.807) is 7.11 Å². The number of rotatable bonds is 3. The van der Waals surface area contributed by atoms with Gasteiger partial charge in [0, 0.05) is 19.1 Å². The van der Waals surface area contributed by atoms with Crippen molar-refractivity contribution in [2.45, 2.75) is 69.5 Å². The third kappa shape index (κ3) is 2.38. The molecule has 0 spiro atoms. The molecule has 0 radical (unpaired) electrons. The number of methoxy groups -OCH3 is 1. The minimum absolute atomic E-state index is 0.00996. The average molecular weight is 241 g/mol. The predicted octanol–water partition coefficient (Wildman–Crippen LogP) is 2.22. The lowest BCUT2D eigenvalue weighted by atomic mass is 9.58. The summed E-state index contributed by atoms with van der Waals surface area (Å²) < 4.78 is 5.40. The maximum Gasteiger partial charge on any atom is 0.0717 e. The van der Waals surface area contributed by atoms with Gasteiger partial charge in [0.2, 0.25) is 0 Å². The first-order valence-electron chi connectivity index (χ1n) is 7.11. The van der Waals surface area contributed by atoms with Crippen LogP contribution in [0, 0.1) is 5.41 Å². The molecule has 17 heavy (non-hydrogen) atoms. The highest BCUT2D eigenvalue weighted by molar-refractivity contribution is 5.03. The number of ether oxygens (including phenoxy) is 1. The van der Waals surface area contributed by atoms with E-state index in [2.05, 4.69) is 0 Å². The largest absolute Gasteiger partial charge is 0.389 e. The zero-order chi connectivity index (χ0) is 12.4. The second-order valence-corrected chi connectivity index (χ2v) is 6.01. The number of hydrogen-bond donors (Lipinski definition) is 2. The fraction of sp³-hybridized carbons (Fsp3) is 1.00. The van der Waals surface area contributed by atoms with Gasteiger partial charge >= 0.3 is 0 Å². The first-order chi connectivity index (χ1) is 8.16. The summed E-state index contributed by atoms with van der Waals surface area (Å²) in [6.07, 6.45) is 10.0. The SMILES string of the molecule is COC1CCC(O)(C2(CN)CCCCC2)CC1. The lowest BCUT2D eigenvalue weighted by Gasteiger charge is -2.52. The van der Waals surface area contributed by atoms with Gasteiger partial charge < -0.3 is 15.6 Å². The van der Waals surface area contributed by atoms with Crippen molar-refractivity contribution in [3.05, 3.63) is 0 Å². The molecule has 3 heteroatoms. The zero-order valence-corrected chi connectivity index (χ0v) is 11.1. The van der Waals surface area contributed by atoms with Crippen molar-refractivity contribution >= 4 is 0 Å². The van der Waals surface area contributed by atoms with Gasteiger partial charge in [-0.05, 0) is 38.5 Å². The molecule has 0 unspecified atom stereocenters. The summed E-state index contributed by atoms with van der Waals surface area (Å²) in [5.41, 5.74) is 5.49. The third-order valence-corrected chi connectivity index (χ3v) is 5.28. The molecule has 100 valence electrons. The van der Waals surface area contributed by atoms with Crippen LogP contribution in [0.25, 0.3) is 0 Å². The van der Waals surface area contributed by atoms with Crippen molar-refractivity contribution in [2.24, 2.45) is 11.1 Å². The Labute approximate surface area is 105 Å². The summed E-state index contributed by atoms with van der Waals surface area (Å²) in [7, 11) is 1.77. The molecular weight excluding hydrogens is 214 g/mol. The minimum Gasteiger partial charge on any atom is -0.389 e. The molecule has 0 saturated heterocycles. The fourth-order valence-electron chi connectivity index (χ4n) is 3.92. The highest BCUT2D eigenvalue weighted by Gasteiger charge is 2.50. The van der Waals surface area contributed by atoms with Crippen LogP contribution < -0.4 is 5.73 Å². The molecule has 0 amide bonds. The molecule has 2 aliphatic rings. The zero-order valence-electron chi connectivity index (χ0n) is 11.1. The van der Waals surface area contributed by atoms with Crippen LogP contribution in [-0.4, -0.2) is 30.5 Å². The van der Waals surface area contributed by atoms with E-state index in [1.807, 2.05) is 0 Å². The van der Waals surface area contributed by atoms with Crippen LogP contribution in [0.5, 0.6) is 0 Å². The molecular formula is C14H27NO2. The van der Waals surface area contributed by atoms with E-state index >= 15 is 0 Å². The molecule has 0 atom stereocenters. The lowest BCUT2D eigenvalue weighted by Crippen LogP contribution is -2.55. The van der Waals surface area contributed by atoms with Gasteiger partial charge in [-0.2, -0.15) is 0 Å². The highest BCUT2D eigenvalue weighted by atomic mass is 16.5. The van der Waals surface area contributed by atoms with E-state index < -0.39 is 5.60 Å². The average Bonchev–Trinajstić information content (AvgIpc) is 2.40. The molecule has 0 bridgehead atoms. The van der Waals surface area contributed by atoms with Gasteiger partial charge in [0.1, 0.15) is 0 Å². The Morgan fingerprint density at radius 2 is 1.71 bits per heavy atom. The maximum absolute atomic E-state index is 11.0. The predicted molar refractivity (Wildman–Crippen MR) is 68.8 cm³/mol. The fourth-order valence-corrected chi connectivity index (χ4v) is 3.92. The maximum atomic E-state index is 11.0. The van der Waals surface area contributed by atoms with Gasteiger partial charge in [0.25, 0.3) is 0 Å². The summed E-state index contributed by atoms with van der Waals surface area (Å²) in [6, 6.07) is 0. The van der Waals surface area contributed by atoms with Crippen molar-refractivity contribution < 1.29 is 9.84 Å².